The highest BCUT2D eigenvalue weighted by atomic mass is 32.1. The normalized spacial score (nSPS) is 9.84. The summed E-state index contributed by atoms with van der Waals surface area (Å²) < 4.78 is 4.94. The predicted octanol–water partition coefficient (Wildman–Crippen LogP) is 1.44. The lowest BCUT2D eigenvalue weighted by molar-refractivity contribution is -0.130. The van der Waals surface area contributed by atoms with E-state index in [1.54, 1.807) is 23.3 Å². The minimum Gasteiger partial charge on any atom is -0.385 e. The first-order chi connectivity index (χ1) is 9.17. The molecule has 19 heavy (non-hydrogen) atoms. The molecule has 1 rings (SSSR count). The van der Waals surface area contributed by atoms with Crippen LogP contribution in [0.15, 0.2) is 11.4 Å². The molecule has 0 aliphatic rings. The fourth-order valence-electron chi connectivity index (χ4n) is 1.56. The van der Waals surface area contributed by atoms with Crippen LogP contribution < -0.4 is 5.73 Å². The number of hydrogen-bond acceptors (Lipinski definition) is 4. The Morgan fingerprint density at radius 3 is 3.05 bits per heavy atom. The van der Waals surface area contributed by atoms with Crippen LogP contribution in [0.25, 0.3) is 0 Å². The van der Waals surface area contributed by atoms with Crippen molar-refractivity contribution in [2.45, 2.75) is 19.4 Å². The molecule has 5 heteroatoms. The second-order valence-electron chi connectivity index (χ2n) is 4.15. The van der Waals surface area contributed by atoms with Gasteiger partial charge in [0.1, 0.15) is 0 Å². The van der Waals surface area contributed by atoms with Crippen LogP contribution in [0.1, 0.15) is 23.3 Å². The summed E-state index contributed by atoms with van der Waals surface area (Å²) in [4.78, 5) is 14.7. The molecule has 0 saturated carbocycles. The fraction of sp³-hybridized carbons (Fsp3) is 0.500. The molecule has 0 unspecified atom stereocenters. The van der Waals surface area contributed by atoms with E-state index in [-0.39, 0.29) is 5.91 Å². The van der Waals surface area contributed by atoms with Crippen molar-refractivity contribution in [1.29, 1.82) is 0 Å². The molecule has 2 N–H and O–H groups in total. The number of methoxy groups -OCH3 is 1. The van der Waals surface area contributed by atoms with Crippen LogP contribution in [0.2, 0.25) is 0 Å². The number of thiophene rings is 1. The first-order valence-corrected chi connectivity index (χ1v) is 7.04. The summed E-state index contributed by atoms with van der Waals surface area (Å²) in [5.41, 5.74) is 6.29. The summed E-state index contributed by atoms with van der Waals surface area (Å²) >= 11 is 1.61. The minimum absolute atomic E-state index is 0.139. The second-order valence-corrected chi connectivity index (χ2v) is 5.15. The van der Waals surface area contributed by atoms with Crippen molar-refractivity contribution in [2.24, 2.45) is 5.73 Å². The molecule has 0 aliphatic heterocycles. The first kappa shape index (κ1) is 15.7. The van der Waals surface area contributed by atoms with Crippen molar-refractivity contribution >= 4 is 17.2 Å². The highest BCUT2D eigenvalue weighted by Crippen LogP contribution is 2.16. The molecule has 4 nitrogen and oxygen atoms in total. The van der Waals surface area contributed by atoms with Crippen molar-refractivity contribution in [3.8, 4) is 11.8 Å². The van der Waals surface area contributed by atoms with Gasteiger partial charge in [-0.1, -0.05) is 11.8 Å². The summed E-state index contributed by atoms with van der Waals surface area (Å²) in [6.45, 7) is 1.61. The molecule has 0 radical (unpaired) electrons. The maximum Gasteiger partial charge on any atom is 0.222 e. The van der Waals surface area contributed by atoms with Crippen LogP contribution in [-0.4, -0.2) is 38.1 Å². The summed E-state index contributed by atoms with van der Waals surface area (Å²) in [7, 11) is 3.46. The van der Waals surface area contributed by atoms with Crippen LogP contribution in [0, 0.1) is 11.8 Å². The largest absolute Gasteiger partial charge is 0.385 e. The number of carbonyl (C=O) groups is 1. The van der Waals surface area contributed by atoms with Gasteiger partial charge in [-0.3, -0.25) is 4.79 Å². The summed E-state index contributed by atoms with van der Waals surface area (Å²) in [6, 6.07) is 2.01. The molecular formula is C14H20N2O2S. The Kier molecular flexibility index (Phi) is 7.19. The van der Waals surface area contributed by atoms with Crippen LogP contribution in [0.4, 0.5) is 0 Å². The molecule has 1 aromatic rings. The van der Waals surface area contributed by atoms with Gasteiger partial charge in [-0.15, -0.1) is 11.3 Å². The van der Waals surface area contributed by atoms with Gasteiger partial charge in [-0.05, 0) is 12.5 Å². The smallest absolute Gasteiger partial charge is 0.222 e. The van der Waals surface area contributed by atoms with E-state index in [0.29, 0.717) is 26.1 Å². The molecular weight excluding hydrogens is 260 g/mol. The van der Waals surface area contributed by atoms with Crippen LogP contribution >= 0.6 is 11.3 Å². The SMILES string of the molecule is COCCCC(=O)N(C)Cc1cc(C#CCN)cs1. The lowest BCUT2D eigenvalue weighted by Gasteiger charge is -2.15. The van der Waals surface area contributed by atoms with Crippen LogP contribution in [0.3, 0.4) is 0 Å². The van der Waals surface area contributed by atoms with E-state index < -0.39 is 0 Å². The Morgan fingerprint density at radius 1 is 1.58 bits per heavy atom. The van der Waals surface area contributed by atoms with Gasteiger partial charge < -0.3 is 15.4 Å². The molecule has 104 valence electrons. The van der Waals surface area contributed by atoms with E-state index in [4.69, 9.17) is 10.5 Å². The van der Waals surface area contributed by atoms with Gasteiger partial charge >= 0.3 is 0 Å². The lowest BCUT2D eigenvalue weighted by Crippen LogP contribution is -2.25. The molecule has 0 aromatic carbocycles. The average molecular weight is 280 g/mol. The molecule has 0 bridgehead atoms. The van der Waals surface area contributed by atoms with E-state index in [9.17, 15) is 4.79 Å². The van der Waals surface area contributed by atoms with Gasteiger partial charge in [0.2, 0.25) is 5.91 Å². The number of nitrogens with zero attached hydrogens (tertiary/aromatic N) is 1. The van der Waals surface area contributed by atoms with Gasteiger partial charge in [-0.2, -0.15) is 0 Å². The van der Waals surface area contributed by atoms with Gasteiger partial charge in [0.05, 0.1) is 13.1 Å². The molecule has 1 amide bonds. The Hall–Kier alpha value is -1.35. The van der Waals surface area contributed by atoms with Crippen molar-refractivity contribution < 1.29 is 9.53 Å². The molecule has 0 aliphatic carbocycles. The first-order valence-electron chi connectivity index (χ1n) is 6.16. The van der Waals surface area contributed by atoms with Gasteiger partial charge in [0.15, 0.2) is 0 Å². The zero-order chi connectivity index (χ0) is 14.1. The van der Waals surface area contributed by atoms with Gasteiger partial charge in [0, 0.05) is 43.0 Å². The molecule has 0 saturated heterocycles. The quantitative estimate of drug-likeness (QED) is 0.634. The Bertz CT molecular complexity index is 460. The number of ether oxygens (including phenoxy) is 1. The van der Waals surface area contributed by atoms with E-state index >= 15 is 0 Å². The zero-order valence-electron chi connectivity index (χ0n) is 11.4. The van der Waals surface area contributed by atoms with Crippen molar-refractivity contribution in [3.63, 3.8) is 0 Å². The van der Waals surface area contributed by atoms with Crippen molar-refractivity contribution in [3.05, 3.63) is 21.9 Å². The standard InChI is InChI=1S/C14H20N2O2S/c1-16(14(17)6-4-8-18-2)10-13-9-12(11-19-13)5-3-7-15/h9,11H,4,6-8,10,15H2,1-2H3. The van der Waals surface area contributed by atoms with Crippen molar-refractivity contribution in [1.82, 2.24) is 4.90 Å². The highest BCUT2D eigenvalue weighted by Gasteiger charge is 2.09. The third kappa shape index (κ3) is 5.88. The number of hydrogen-bond donors (Lipinski definition) is 1. The van der Waals surface area contributed by atoms with E-state index in [2.05, 4.69) is 11.8 Å². The number of rotatable bonds is 6. The van der Waals surface area contributed by atoms with E-state index in [1.807, 2.05) is 18.5 Å². The van der Waals surface area contributed by atoms with Crippen molar-refractivity contribution in [2.75, 3.05) is 27.3 Å². The maximum absolute atomic E-state index is 11.8. The Morgan fingerprint density at radius 2 is 2.37 bits per heavy atom. The number of carbonyl (C=O) groups excluding carboxylic acids is 1. The summed E-state index contributed by atoms with van der Waals surface area (Å²) in [5.74, 6) is 5.94. The van der Waals surface area contributed by atoms with Gasteiger partial charge in [0.25, 0.3) is 0 Å². The summed E-state index contributed by atoms with van der Waals surface area (Å²) in [5, 5.41) is 1.99. The molecule has 1 heterocycles. The third-order valence-corrected chi connectivity index (χ3v) is 3.47. The summed E-state index contributed by atoms with van der Waals surface area (Å²) in [6.07, 6.45) is 1.28. The molecule has 0 atom stereocenters. The second kappa shape index (κ2) is 8.70. The number of nitrogens with two attached hydrogens (primary N) is 1. The molecule has 1 aromatic heterocycles. The molecule has 0 spiro atoms. The highest BCUT2D eigenvalue weighted by molar-refractivity contribution is 7.10. The number of amides is 1. The lowest BCUT2D eigenvalue weighted by atomic mass is 10.2. The predicted molar refractivity (Wildman–Crippen MR) is 77.8 cm³/mol. The van der Waals surface area contributed by atoms with E-state index in [0.717, 1.165) is 16.9 Å². The Balaban J connectivity index is 2.45. The maximum atomic E-state index is 11.8. The molecule has 0 fully saturated rings. The minimum atomic E-state index is 0.139. The monoisotopic (exact) mass is 280 g/mol. The van der Waals surface area contributed by atoms with E-state index in [1.165, 1.54) is 0 Å². The third-order valence-electron chi connectivity index (χ3n) is 2.55. The fourth-order valence-corrected chi connectivity index (χ4v) is 2.43. The van der Waals surface area contributed by atoms with Crippen LogP contribution in [-0.2, 0) is 16.1 Å². The topological polar surface area (TPSA) is 55.6 Å². The van der Waals surface area contributed by atoms with Crippen LogP contribution in [0.5, 0.6) is 0 Å². The average Bonchev–Trinajstić information content (AvgIpc) is 2.84. The van der Waals surface area contributed by atoms with Gasteiger partial charge in [-0.25, -0.2) is 0 Å². The zero-order valence-corrected chi connectivity index (χ0v) is 12.3. The Labute approximate surface area is 118 Å².